The fourth-order valence-corrected chi connectivity index (χ4v) is 2.28. The third-order valence-electron chi connectivity index (χ3n) is 3.36. The molecule has 0 unspecified atom stereocenters. The van der Waals surface area contributed by atoms with E-state index in [4.69, 9.17) is 10.8 Å². The minimum atomic E-state index is -0.976. The zero-order chi connectivity index (χ0) is 14.8. The predicted octanol–water partition coefficient (Wildman–Crippen LogP) is 3.86. The lowest BCUT2D eigenvalue weighted by Gasteiger charge is -2.12. The highest BCUT2D eigenvalue weighted by atomic mass is 16.4. The molecule has 0 amide bonds. The highest BCUT2D eigenvalue weighted by Crippen LogP contribution is 2.29. The second kappa shape index (κ2) is 5.17. The van der Waals surface area contributed by atoms with Crippen LogP contribution in [0.15, 0.2) is 60.7 Å². The van der Waals surface area contributed by atoms with Gasteiger partial charge in [0.15, 0.2) is 0 Å². The summed E-state index contributed by atoms with van der Waals surface area (Å²) in [6, 6.07) is 18.5. The Morgan fingerprint density at radius 3 is 2.52 bits per heavy atom. The zero-order valence-corrected chi connectivity index (χ0v) is 11.2. The summed E-state index contributed by atoms with van der Waals surface area (Å²) in [7, 11) is 0. The molecule has 0 aliphatic rings. The van der Waals surface area contributed by atoms with E-state index in [0.29, 0.717) is 11.4 Å². The van der Waals surface area contributed by atoms with Gasteiger partial charge in [0.25, 0.3) is 0 Å². The van der Waals surface area contributed by atoms with Crippen LogP contribution in [0.5, 0.6) is 0 Å². The van der Waals surface area contributed by atoms with Crippen molar-refractivity contribution in [2.24, 2.45) is 0 Å². The van der Waals surface area contributed by atoms with E-state index < -0.39 is 5.97 Å². The Hall–Kier alpha value is -3.01. The van der Waals surface area contributed by atoms with Gasteiger partial charge in [-0.1, -0.05) is 36.4 Å². The first kappa shape index (κ1) is 13.0. The summed E-state index contributed by atoms with van der Waals surface area (Å²) in [4.78, 5) is 11.1. The molecule has 0 aromatic heterocycles. The fraction of sp³-hybridized carbons (Fsp3) is 0. The summed E-state index contributed by atoms with van der Waals surface area (Å²) in [5.41, 5.74) is 8.11. The maximum atomic E-state index is 11.1. The van der Waals surface area contributed by atoms with Crippen LogP contribution < -0.4 is 11.1 Å². The molecule has 0 atom stereocenters. The van der Waals surface area contributed by atoms with E-state index in [0.717, 1.165) is 16.5 Å². The standard InChI is InChI=1S/C17H14N2O2/c18-14-9-8-12(17(20)21)10-16(14)19-15-7-3-5-11-4-1-2-6-13(11)15/h1-10,19H,18H2,(H,20,21). The highest BCUT2D eigenvalue weighted by molar-refractivity contribution is 5.97. The molecule has 4 nitrogen and oxygen atoms in total. The number of benzene rings is 3. The molecule has 3 aromatic carbocycles. The summed E-state index contributed by atoms with van der Waals surface area (Å²) in [6.07, 6.45) is 0. The molecule has 3 aromatic rings. The van der Waals surface area contributed by atoms with Crippen LogP contribution in [0.1, 0.15) is 10.4 Å². The molecule has 3 rings (SSSR count). The van der Waals surface area contributed by atoms with E-state index in [1.807, 2.05) is 42.5 Å². The zero-order valence-electron chi connectivity index (χ0n) is 11.2. The van der Waals surface area contributed by atoms with Gasteiger partial charge in [-0.3, -0.25) is 0 Å². The number of rotatable bonds is 3. The number of fused-ring (bicyclic) bond motifs is 1. The molecule has 0 heterocycles. The van der Waals surface area contributed by atoms with Crippen molar-refractivity contribution in [3.63, 3.8) is 0 Å². The van der Waals surface area contributed by atoms with Crippen molar-refractivity contribution in [1.82, 2.24) is 0 Å². The van der Waals surface area contributed by atoms with Crippen LogP contribution >= 0.6 is 0 Å². The van der Waals surface area contributed by atoms with Crippen molar-refractivity contribution in [2.75, 3.05) is 11.1 Å². The average molecular weight is 278 g/mol. The monoisotopic (exact) mass is 278 g/mol. The Labute approximate surface area is 121 Å². The van der Waals surface area contributed by atoms with Gasteiger partial charge < -0.3 is 16.2 Å². The number of carbonyl (C=O) groups is 1. The molecular formula is C17H14N2O2. The summed E-state index contributed by atoms with van der Waals surface area (Å²) >= 11 is 0. The van der Waals surface area contributed by atoms with E-state index in [1.165, 1.54) is 6.07 Å². The van der Waals surface area contributed by atoms with Gasteiger partial charge in [0.1, 0.15) is 0 Å². The first-order chi connectivity index (χ1) is 10.1. The Bertz CT molecular complexity index is 823. The average Bonchev–Trinajstić information content (AvgIpc) is 2.49. The normalized spacial score (nSPS) is 10.5. The smallest absolute Gasteiger partial charge is 0.335 e. The van der Waals surface area contributed by atoms with E-state index in [9.17, 15) is 4.79 Å². The summed E-state index contributed by atoms with van der Waals surface area (Å²) in [6.45, 7) is 0. The second-order valence-corrected chi connectivity index (χ2v) is 4.76. The second-order valence-electron chi connectivity index (χ2n) is 4.76. The number of nitrogens with two attached hydrogens (primary N) is 1. The molecular weight excluding hydrogens is 264 g/mol. The predicted molar refractivity (Wildman–Crippen MR) is 85.0 cm³/mol. The number of anilines is 3. The molecule has 104 valence electrons. The summed E-state index contributed by atoms with van der Waals surface area (Å²) in [5.74, 6) is -0.976. The molecule has 0 aliphatic heterocycles. The van der Waals surface area contributed by atoms with Crippen LogP contribution in [0.2, 0.25) is 0 Å². The van der Waals surface area contributed by atoms with Crippen LogP contribution in [0.25, 0.3) is 10.8 Å². The van der Waals surface area contributed by atoms with Crippen LogP contribution in [0, 0.1) is 0 Å². The highest BCUT2D eigenvalue weighted by Gasteiger charge is 2.08. The van der Waals surface area contributed by atoms with Crippen molar-refractivity contribution in [1.29, 1.82) is 0 Å². The molecule has 0 radical (unpaired) electrons. The van der Waals surface area contributed by atoms with Gasteiger partial charge in [-0.15, -0.1) is 0 Å². The lowest BCUT2D eigenvalue weighted by atomic mass is 10.1. The third kappa shape index (κ3) is 2.51. The third-order valence-corrected chi connectivity index (χ3v) is 3.36. The SMILES string of the molecule is Nc1ccc(C(=O)O)cc1Nc1cccc2ccccc12. The molecule has 0 bridgehead atoms. The van der Waals surface area contributed by atoms with Gasteiger partial charge in [-0.05, 0) is 29.7 Å². The van der Waals surface area contributed by atoms with E-state index in [2.05, 4.69) is 5.32 Å². The maximum absolute atomic E-state index is 11.1. The summed E-state index contributed by atoms with van der Waals surface area (Å²) < 4.78 is 0. The largest absolute Gasteiger partial charge is 0.478 e. The molecule has 4 heteroatoms. The van der Waals surface area contributed by atoms with Crippen molar-refractivity contribution >= 4 is 33.8 Å². The van der Waals surface area contributed by atoms with Gasteiger partial charge in [0, 0.05) is 11.1 Å². The first-order valence-corrected chi connectivity index (χ1v) is 6.53. The minimum absolute atomic E-state index is 0.201. The number of carboxylic acid groups (broad SMARTS) is 1. The lowest BCUT2D eigenvalue weighted by Crippen LogP contribution is -2.01. The number of hydrogen-bond donors (Lipinski definition) is 3. The number of aromatic carboxylic acids is 1. The van der Waals surface area contributed by atoms with Gasteiger partial charge in [0.2, 0.25) is 0 Å². The topological polar surface area (TPSA) is 75.4 Å². The van der Waals surface area contributed by atoms with Gasteiger partial charge in [0.05, 0.1) is 16.9 Å². The lowest BCUT2D eigenvalue weighted by molar-refractivity contribution is 0.0697. The number of nitrogens with one attached hydrogen (secondary N) is 1. The number of hydrogen-bond acceptors (Lipinski definition) is 3. The Morgan fingerprint density at radius 2 is 1.71 bits per heavy atom. The first-order valence-electron chi connectivity index (χ1n) is 6.53. The van der Waals surface area contributed by atoms with E-state index in [-0.39, 0.29) is 5.56 Å². The van der Waals surface area contributed by atoms with Crippen molar-refractivity contribution < 1.29 is 9.90 Å². The molecule has 21 heavy (non-hydrogen) atoms. The van der Waals surface area contributed by atoms with Crippen molar-refractivity contribution in [2.45, 2.75) is 0 Å². The van der Waals surface area contributed by atoms with Crippen LogP contribution in [-0.2, 0) is 0 Å². The minimum Gasteiger partial charge on any atom is -0.478 e. The molecule has 0 aliphatic carbocycles. The molecule has 0 spiro atoms. The quantitative estimate of drug-likeness (QED) is 0.636. The van der Waals surface area contributed by atoms with E-state index >= 15 is 0 Å². The van der Waals surface area contributed by atoms with Gasteiger partial charge >= 0.3 is 5.97 Å². The van der Waals surface area contributed by atoms with Crippen LogP contribution in [0.3, 0.4) is 0 Å². The molecule has 0 saturated heterocycles. The number of carboxylic acids is 1. The Kier molecular flexibility index (Phi) is 3.20. The fourth-order valence-electron chi connectivity index (χ4n) is 2.28. The molecule has 0 fully saturated rings. The van der Waals surface area contributed by atoms with Gasteiger partial charge in [-0.2, -0.15) is 0 Å². The summed E-state index contributed by atoms with van der Waals surface area (Å²) in [5, 5.41) is 14.5. The van der Waals surface area contributed by atoms with Gasteiger partial charge in [-0.25, -0.2) is 4.79 Å². The van der Waals surface area contributed by atoms with Crippen LogP contribution in [-0.4, -0.2) is 11.1 Å². The molecule has 4 N–H and O–H groups in total. The van der Waals surface area contributed by atoms with E-state index in [1.54, 1.807) is 12.1 Å². The van der Waals surface area contributed by atoms with Crippen molar-refractivity contribution in [3.05, 3.63) is 66.2 Å². The maximum Gasteiger partial charge on any atom is 0.335 e. The Balaban J connectivity index is 2.06. The van der Waals surface area contributed by atoms with Crippen LogP contribution in [0.4, 0.5) is 17.1 Å². The number of nitrogen functional groups attached to an aromatic ring is 1. The molecule has 0 saturated carbocycles. The van der Waals surface area contributed by atoms with Crippen molar-refractivity contribution in [3.8, 4) is 0 Å². The Morgan fingerprint density at radius 1 is 0.952 bits per heavy atom.